The van der Waals surface area contributed by atoms with Gasteiger partial charge in [0.15, 0.2) is 0 Å². The number of hydrogen-bond donors (Lipinski definition) is 1. The number of hydrogen-bond acceptors (Lipinski definition) is 4. The molecule has 148 valence electrons. The van der Waals surface area contributed by atoms with E-state index in [9.17, 15) is 13.2 Å². The van der Waals surface area contributed by atoms with Crippen molar-refractivity contribution in [1.29, 1.82) is 0 Å². The average Bonchev–Trinajstić information content (AvgIpc) is 2.90. The zero-order valence-electron chi connectivity index (χ0n) is 16.6. The summed E-state index contributed by atoms with van der Waals surface area (Å²) < 4.78 is 27.5. The number of rotatable bonds is 8. The highest BCUT2D eigenvalue weighted by atomic mass is 32.2. The number of amides is 1. The molecule has 0 saturated carbocycles. The number of aryl methyl sites for hydroxylation is 1. The second-order valence-electron chi connectivity index (χ2n) is 6.76. The van der Waals surface area contributed by atoms with E-state index in [4.69, 9.17) is 0 Å². The third-order valence-corrected chi connectivity index (χ3v) is 6.72. The molecular weight excluding hydrogens is 364 g/mol. The monoisotopic (exact) mass is 392 g/mol. The highest BCUT2D eigenvalue weighted by Gasteiger charge is 2.27. The van der Waals surface area contributed by atoms with Crippen LogP contribution in [0.2, 0.25) is 0 Å². The number of benzene rings is 1. The van der Waals surface area contributed by atoms with Gasteiger partial charge in [0.25, 0.3) is 0 Å². The zero-order chi connectivity index (χ0) is 20.2. The molecule has 8 heteroatoms. The Hall–Kier alpha value is -2.19. The Morgan fingerprint density at radius 3 is 2.41 bits per heavy atom. The van der Waals surface area contributed by atoms with Gasteiger partial charge >= 0.3 is 0 Å². The molecule has 0 spiro atoms. The van der Waals surface area contributed by atoms with E-state index in [2.05, 4.69) is 29.5 Å². The highest BCUT2D eigenvalue weighted by molar-refractivity contribution is 7.89. The molecule has 0 unspecified atom stereocenters. The molecule has 1 heterocycles. The lowest BCUT2D eigenvalue weighted by Crippen LogP contribution is -2.32. The van der Waals surface area contributed by atoms with Crippen molar-refractivity contribution in [3.63, 3.8) is 0 Å². The molecule has 0 aliphatic rings. The Morgan fingerprint density at radius 2 is 1.85 bits per heavy atom. The molecule has 1 N–H and O–H groups in total. The lowest BCUT2D eigenvalue weighted by atomic mass is 9.96. The first-order valence-corrected chi connectivity index (χ1v) is 10.4. The normalized spacial score (nSPS) is 13.0. The second-order valence-corrected chi connectivity index (χ2v) is 8.85. The lowest BCUT2D eigenvalue weighted by molar-refractivity contribution is -0.121. The van der Waals surface area contributed by atoms with Gasteiger partial charge in [0, 0.05) is 26.6 Å². The molecule has 0 fully saturated rings. The van der Waals surface area contributed by atoms with Crippen LogP contribution in [0.3, 0.4) is 0 Å². The summed E-state index contributed by atoms with van der Waals surface area (Å²) in [5.41, 5.74) is 2.04. The van der Waals surface area contributed by atoms with Crippen molar-refractivity contribution in [2.24, 2.45) is 0 Å². The topological polar surface area (TPSA) is 84.3 Å². The Kier molecular flexibility index (Phi) is 6.78. The third kappa shape index (κ3) is 4.75. The molecule has 0 bridgehead atoms. The highest BCUT2D eigenvalue weighted by Crippen LogP contribution is 2.22. The second kappa shape index (κ2) is 8.67. The summed E-state index contributed by atoms with van der Waals surface area (Å²) in [6.07, 6.45) is 0.912. The molecule has 1 aromatic carbocycles. The van der Waals surface area contributed by atoms with Crippen LogP contribution in [-0.2, 0) is 21.4 Å². The van der Waals surface area contributed by atoms with Gasteiger partial charge in [-0.15, -0.1) is 0 Å². The summed E-state index contributed by atoms with van der Waals surface area (Å²) >= 11 is 0. The van der Waals surface area contributed by atoms with Crippen LogP contribution < -0.4 is 5.32 Å². The number of nitrogens with zero attached hydrogens (tertiary/aromatic N) is 3. The fourth-order valence-corrected chi connectivity index (χ4v) is 4.30. The number of carbonyl (C=O) groups is 1. The fourth-order valence-electron chi connectivity index (χ4n) is 3.04. The third-order valence-electron chi connectivity index (χ3n) is 4.66. The predicted molar refractivity (Wildman–Crippen MR) is 105 cm³/mol. The summed E-state index contributed by atoms with van der Waals surface area (Å²) in [6.45, 7) is 5.91. The van der Waals surface area contributed by atoms with Gasteiger partial charge < -0.3 is 5.32 Å². The van der Waals surface area contributed by atoms with Crippen LogP contribution in [0.15, 0.2) is 35.2 Å². The van der Waals surface area contributed by atoms with Crippen molar-refractivity contribution in [3.05, 3.63) is 47.3 Å². The van der Waals surface area contributed by atoms with Gasteiger partial charge in [-0.1, -0.05) is 37.3 Å². The first-order valence-electron chi connectivity index (χ1n) is 8.96. The van der Waals surface area contributed by atoms with E-state index in [1.165, 1.54) is 24.3 Å². The molecule has 1 atom stereocenters. The maximum Gasteiger partial charge on any atom is 0.246 e. The van der Waals surface area contributed by atoms with Crippen LogP contribution in [0.1, 0.15) is 36.2 Å². The molecule has 7 nitrogen and oxygen atoms in total. The first-order chi connectivity index (χ1) is 12.7. The summed E-state index contributed by atoms with van der Waals surface area (Å²) in [6, 6.07) is 10.1. The number of carbonyl (C=O) groups excluding carboxylic acids is 1. The molecule has 2 aromatic rings. The largest absolute Gasteiger partial charge is 0.354 e. The predicted octanol–water partition coefficient (Wildman–Crippen LogP) is 2.06. The van der Waals surface area contributed by atoms with Gasteiger partial charge in [0.05, 0.1) is 11.4 Å². The Balaban J connectivity index is 2.08. The van der Waals surface area contributed by atoms with E-state index < -0.39 is 10.0 Å². The van der Waals surface area contributed by atoms with E-state index in [0.717, 1.165) is 10.7 Å². The lowest BCUT2D eigenvalue weighted by Gasteiger charge is -2.16. The standard InChI is InChI=1S/C19H28N4O3S/c1-6-16(17-10-8-7-9-11-17)12-20-18(24)13-23-15(3)19(14(2)21-23)27(25,26)22(4)5/h7-11,16H,6,12-13H2,1-5H3,(H,20,24)/t16-/m1/s1. The average molecular weight is 393 g/mol. The minimum Gasteiger partial charge on any atom is -0.354 e. The maximum absolute atomic E-state index is 12.5. The number of nitrogens with one attached hydrogen (secondary N) is 1. The molecule has 0 radical (unpaired) electrons. The molecule has 1 amide bonds. The van der Waals surface area contributed by atoms with Gasteiger partial charge in [0.2, 0.25) is 15.9 Å². The molecule has 0 saturated heterocycles. The molecule has 27 heavy (non-hydrogen) atoms. The van der Waals surface area contributed by atoms with Crippen molar-refractivity contribution in [3.8, 4) is 0 Å². The zero-order valence-corrected chi connectivity index (χ0v) is 17.4. The smallest absolute Gasteiger partial charge is 0.246 e. The SMILES string of the molecule is CC[C@H](CNC(=O)Cn1nc(C)c(S(=O)(=O)N(C)C)c1C)c1ccccc1. The molecule has 0 aliphatic heterocycles. The van der Waals surface area contributed by atoms with Crippen LogP contribution >= 0.6 is 0 Å². The van der Waals surface area contributed by atoms with Gasteiger partial charge in [-0.25, -0.2) is 12.7 Å². The van der Waals surface area contributed by atoms with E-state index >= 15 is 0 Å². The van der Waals surface area contributed by atoms with E-state index in [1.54, 1.807) is 13.8 Å². The molecule has 2 rings (SSSR count). The quantitative estimate of drug-likeness (QED) is 0.745. The Bertz CT molecular complexity index is 889. The summed E-state index contributed by atoms with van der Waals surface area (Å²) in [5, 5.41) is 7.19. The summed E-state index contributed by atoms with van der Waals surface area (Å²) in [7, 11) is -0.643. The van der Waals surface area contributed by atoms with Crippen LogP contribution in [-0.4, -0.2) is 49.1 Å². The molecule has 0 aliphatic carbocycles. The van der Waals surface area contributed by atoms with E-state index in [0.29, 0.717) is 17.9 Å². The molecule has 1 aromatic heterocycles. The van der Waals surface area contributed by atoms with Gasteiger partial charge in [-0.3, -0.25) is 9.48 Å². The fraction of sp³-hybridized carbons (Fsp3) is 0.474. The van der Waals surface area contributed by atoms with Crippen molar-refractivity contribution in [2.45, 2.75) is 44.6 Å². The van der Waals surface area contributed by atoms with Crippen LogP contribution in [0.5, 0.6) is 0 Å². The Labute approximate surface area is 161 Å². The van der Waals surface area contributed by atoms with Crippen LogP contribution in [0, 0.1) is 13.8 Å². The van der Waals surface area contributed by atoms with Crippen LogP contribution in [0.4, 0.5) is 0 Å². The van der Waals surface area contributed by atoms with Crippen molar-refractivity contribution in [2.75, 3.05) is 20.6 Å². The molecular formula is C19H28N4O3S. The number of sulfonamides is 1. The van der Waals surface area contributed by atoms with Gasteiger partial charge in [-0.2, -0.15) is 5.10 Å². The number of aromatic nitrogens is 2. The van der Waals surface area contributed by atoms with Gasteiger partial charge in [-0.05, 0) is 25.8 Å². The van der Waals surface area contributed by atoms with E-state index in [1.807, 2.05) is 18.2 Å². The maximum atomic E-state index is 12.5. The van der Waals surface area contributed by atoms with Crippen molar-refractivity contribution >= 4 is 15.9 Å². The summed E-state index contributed by atoms with van der Waals surface area (Å²) in [4.78, 5) is 12.6. The van der Waals surface area contributed by atoms with Crippen molar-refractivity contribution in [1.82, 2.24) is 19.4 Å². The summed E-state index contributed by atoms with van der Waals surface area (Å²) in [5.74, 6) is 0.0454. The Morgan fingerprint density at radius 1 is 1.22 bits per heavy atom. The minimum absolute atomic E-state index is 0.0130. The van der Waals surface area contributed by atoms with Gasteiger partial charge in [0.1, 0.15) is 11.4 Å². The first kappa shape index (κ1) is 21.1. The van der Waals surface area contributed by atoms with Crippen molar-refractivity contribution < 1.29 is 13.2 Å². The minimum atomic E-state index is -3.60. The van der Waals surface area contributed by atoms with E-state index in [-0.39, 0.29) is 23.3 Å². The van der Waals surface area contributed by atoms with Crippen LogP contribution in [0.25, 0.3) is 0 Å².